The van der Waals surface area contributed by atoms with Crippen LogP contribution in [0.1, 0.15) is 32.3 Å². The van der Waals surface area contributed by atoms with E-state index in [2.05, 4.69) is 24.1 Å². The number of benzene rings is 1. The molecule has 0 aliphatic rings. The molecule has 0 saturated carbocycles. The summed E-state index contributed by atoms with van der Waals surface area (Å²) in [5.41, 5.74) is 1.74. The molecule has 0 radical (unpaired) electrons. The molecule has 0 amide bonds. The van der Waals surface area contributed by atoms with Crippen LogP contribution in [0.15, 0.2) is 18.2 Å². The SMILES string of the molecule is CCCNc1nc2cc(F)cc(Cl)c2cc1CCC. The third kappa shape index (κ3) is 3.16. The molecular weight excluding hydrogens is 263 g/mol. The summed E-state index contributed by atoms with van der Waals surface area (Å²) in [4.78, 5) is 4.52. The molecule has 1 aromatic carbocycles. The zero-order valence-electron chi connectivity index (χ0n) is 11.3. The van der Waals surface area contributed by atoms with E-state index < -0.39 is 0 Å². The Morgan fingerprint density at radius 2 is 2.00 bits per heavy atom. The fraction of sp³-hybridized carbons (Fsp3) is 0.400. The third-order valence-electron chi connectivity index (χ3n) is 2.99. The molecule has 2 aromatic rings. The van der Waals surface area contributed by atoms with Gasteiger partial charge in [-0.25, -0.2) is 9.37 Å². The minimum absolute atomic E-state index is 0.352. The zero-order chi connectivity index (χ0) is 13.8. The first-order chi connectivity index (χ1) is 9.15. The van der Waals surface area contributed by atoms with Crippen LogP contribution in [0.4, 0.5) is 10.2 Å². The average molecular weight is 281 g/mol. The van der Waals surface area contributed by atoms with Crippen LogP contribution in [0.5, 0.6) is 0 Å². The highest BCUT2D eigenvalue weighted by molar-refractivity contribution is 6.35. The van der Waals surface area contributed by atoms with Gasteiger partial charge < -0.3 is 5.32 Å². The number of aryl methyl sites for hydroxylation is 1. The van der Waals surface area contributed by atoms with E-state index in [4.69, 9.17) is 11.6 Å². The van der Waals surface area contributed by atoms with Crippen LogP contribution in [-0.2, 0) is 6.42 Å². The van der Waals surface area contributed by atoms with E-state index in [9.17, 15) is 4.39 Å². The van der Waals surface area contributed by atoms with Gasteiger partial charge in [0.2, 0.25) is 0 Å². The predicted octanol–water partition coefficient (Wildman–Crippen LogP) is 4.80. The molecule has 19 heavy (non-hydrogen) atoms. The van der Waals surface area contributed by atoms with Crippen molar-refractivity contribution in [1.82, 2.24) is 4.98 Å². The van der Waals surface area contributed by atoms with Gasteiger partial charge in [-0.05, 0) is 30.5 Å². The summed E-state index contributed by atoms with van der Waals surface area (Å²) in [6.07, 6.45) is 2.99. The van der Waals surface area contributed by atoms with E-state index in [1.165, 1.54) is 12.1 Å². The highest BCUT2D eigenvalue weighted by atomic mass is 35.5. The number of hydrogen-bond acceptors (Lipinski definition) is 2. The first kappa shape index (κ1) is 14.1. The number of anilines is 1. The van der Waals surface area contributed by atoms with Gasteiger partial charge in [0.15, 0.2) is 0 Å². The van der Waals surface area contributed by atoms with Gasteiger partial charge in [0.25, 0.3) is 0 Å². The monoisotopic (exact) mass is 280 g/mol. The Morgan fingerprint density at radius 3 is 2.68 bits per heavy atom. The lowest BCUT2D eigenvalue weighted by atomic mass is 10.1. The number of pyridine rings is 1. The zero-order valence-corrected chi connectivity index (χ0v) is 12.0. The summed E-state index contributed by atoms with van der Waals surface area (Å²) in [5.74, 6) is 0.493. The van der Waals surface area contributed by atoms with Crippen molar-refractivity contribution in [2.24, 2.45) is 0 Å². The summed E-state index contributed by atoms with van der Waals surface area (Å²) < 4.78 is 13.4. The number of fused-ring (bicyclic) bond motifs is 1. The van der Waals surface area contributed by atoms with E-state index in [-0.39, 0.29) is 5.82 Å². The molecule has 0 atom stereocenters. The molecule has 0 aliphatic heterocycles. The molecule has 0 unspecified atom stereocenters. The molecule has 0 spiro atoms. The maximum absolute atomic E-state index is 13.4. The molecule has 0 saturated heterocycles. The maximum atomic E-state index is 13.4. The van der Waals surface area contributed by atoms with Gasteiger partial charge in [-0.2, -0.15) is 0 Å². The lowest BCUT2D eigenvalue weighted by molar-refractivity contribution is 0.629. The maximum Gasteiger partial charge on any atom is 0.129 e. The molecule has 0 fully saturated rings. The van der Waals surface area contributed by atoms with Crippen LogP contribution in [0.25, 0.3) is 10.9 Å². The number of hydrogen-bond donors (Lipinski definition) is 1. The Labute approximate surface area is 118 Å². The molecule has 0 bridgehead atoms. The largest absolute Gasteiger partial charge is 0.370 e. The minimum Gasteiger partial charge on any atom is -0.370 e. The van der Waals surface area contributed by atoms with Gasteiger partial charge in [0.05, 0.1) is 10.5 Å². The highest BCUT2D eigenvalue weighted by Crippen LogP contribution is 2.28. The fourth-order valence-electron chi connectivity index (χ4n) is 2.10. The Balaban J connectivity index is 2.55. The van der Waals surface area contributed by atoms with Crippen LogP contribution in [-0.4, -0.2) is 11.5 Å². The van der Waals surface area contributed by atoms with Crippen molar-refractivity contribution in [3.8, 4) is 0 Å². The predicted molar refractivity (Wildman–Crippen MR) is 79.5 cm³/mol. The van der Waals surface area contributed by atoms with Crippen molar-refractivity contribution in [2.75, 3.05) is 11.9 Å². The normalized spacial score (nSPS) is 10.9. The Kier molecular flexibility index (Phi) is 4.59. The van der Waals surface area contributed by atoms with Gasteiger partial charge in [-0.3, -0.25) is 0 Å². The summed E-state index contributed by atoms with van der Waals surface area (Å²) in [7, 11) is 0. The molecule has 2 rings (SSSR count). The second kappa shape index (κ2) is 6.20. The first-order valence-electron chi connectivity index (χ1n) is 6.68. The average Bonchev–Trinajstić information content (AvgIpc) is 2.37. The summed E-state index contributed by atoms with van der Waals surface area (Å²) in [6.45, 7) is 5.09. The molecule has 1 N–H and O–H groups in total. The van der Waals surface area contributed by atoms with Gasteiger partial charge in [-0.15, -0.1) is 0 Å². The van der Waals surface area contributed by atoms with Crippen LogP contribution in [0.2, 0.25) is 5.02 Å². The van der Waals surface area contributed by atoms with Crippen molar-refractivity contribution < 1.29 is 4.39 Å². The first-order valence-corrected chi connectivity index (χ1v) is 7.06. The number of nitrogens with zero attached hydrogens (tertiary/aromatic N) is 1. The third-order valence-corrected chi connectivity index (χ3v) is 3.30. The van der Waals surface area contributed by atoms with Crippen molar-refractivity contribution in [1.29, 1.82) is 0 Å². The lowest BCUT2D eigenvalue weighted by Crippen LogP contribution is -2.06. The Morgan fingerprint density at radius 1 is 1.21 bits per heavy atom. The van der Waals surface area contributed by atoms with Crippen LogP contribution in [0, 0.1) is 5.82 Å². The van der Waals surface area contributed by atoms with Crippen molar-refractivity contribution in [3.05, 3.63) is 34.6 Å². The number of nitrogens with one attached hydrogen (secondary N) is 1. The number of rotatable bonds is 5. The Bertz CT molecular complexity index is 584. The summed E-state index contributed by atoms with van der Waals surface area (Å²) >= 11 is 6.09. The van der Waals surface area contributed by atoms with Crippen LogP contribution in [0.3, 0.4) is 0 Å². The highest BCUT2D eigenvalue weighted by Gasteiger charge is 2.09. The molecule has 2 nitrogen and oxygen atoms in total. The van der Waals surface area contributed by atoms with E-state index in [0.29, 0.717) is 10.5 Å². The van der Waals surface area contributed by atoms with Crippen molar-refractivity contribution in [2.45, 2.75) is 33.1 Å². The van der Waals surface area contributed by atoms with E-state index in [1.54, 1.807) is 0 Å². The second-order valence-corrected chi connectivity index (χ2v) is 5.03. The summed E-state index contributed by atoms with van der Waals surface area (Å²) in [6, 6.07) is 4.78. The molecule has 1 aromatic heterocycles. The van der Waals surface area contributed by atoms with E-state index in [1.807, 2.05) is 6.07 Å². The van der Waals surface area contributed by atoms with Crippen molar-refractivity contribution >= 4 is 28.3 Å². The van der Waals surface area contributed by atoms with Gasteiger partial charge in [0.1, 0.15) is 11.6 Å². The molecule has 102 valence electrons. The van der Waals surface area contributed by atoms with E-state index >= 15 is 0 Å². The summed E-state index contributed by atoms with van der Waals surface area (Å²) in [5, 5.41) is 4.53. The smallest absolute Gasteiger partial charge is 0.129 e. The Hall–Kier alpha value is -1.35. The van der Waals surface area contributed by atoms with Crippen LogP contribution >= 0.6 is 11.6 Å². The van der Waals surface area contributed by atoms with Gasteiger partial charge in [-0.1, -0.05) is 31.9 Å². The van der Waals surface area contributed by atoms with Crippen molar-refractivity contribution in [3.63, 3.8) is 0 Å². The number of halogens is 2. The topological polar surface area (TPSA) is 24.9 Å². The molecule has 0 aliphatic carbocycles. The standard InChI is InChI=1S/C15H18ClFN2/c1-3-5-10-7-12-13(16)8-11(17)9-14(12)19-15(10)18-6-4-2/h7-9H,3-6H2,1-2H3,(H,18,19). The van der Waals surface area contributed by atoms with Crippen LogP contribution < -0.4 is 5.32 Å². The quantitative estimate of drug-likeness (QED) is 0.851. The second-order valence-electron chi connectivity index (χ2n) is 4.63. The molecule has 1 heterocycles. The lowest BCUT2D eigenvalue weighted by Gasteiger charge is -2.12. The fourth-order valence-corrected chi connectivity index (χ4v) is 2.35. The molecular formula is C15H18ClFN2. The minimum atomic E-state index is -0.352. The number of aromatic nitrogens is 1. The van der Waals surface area contributed by atoms with Gasteiger partial charge >= 0.3 is 0 Å². The van der Waals surface area contributed by atoms with Gasteiger partial charge in [0, 0.05) is 18.0 Å². The molecule has 4 heteroatoms. The van der Waals surface area contributed by atoms with E-state index in [0.717, 1.165) is 42.6 Å².